The van der Waals surface area contributed by atoms with E-state index >= 15 is 0 Å². The van der Waals surface area contributed by atoms with Crippen LogP contribution >= 0.6 is 0 Å². The molecule has 2 aromatic carbocycles. The number of benzene rings is 2. The largest absolute Gasteiger partial charge is 0.462 e. The van der Waals surface area contributed by atoms with E-state index in [1.54, 1.807) is 0 Å². The van der Waals surface area contributed by atoms with Crippen LogP contribution < -0.4 is 16.0 Å². The summed E-state index contributed by atoms with van der Waals surface area (Å²) in [5.41, 5.74) is 3.95. The van der Waals surface area contributed by atoms with Gasteiger partial charge in [0, 0.05) is 18.9 Å². The number of fused-ring (bicyclic) bond motifs is 3. The molecule has 11 heteroatoms. The van der Waals surface area contributed by atoms with Crippen LogP contribution in [0, 0.1) is 11.3 Å². The van der Waals surface area contributed by atoms with Crippen molar-refractivity contribution in [3.63, 3.8) is 0 Å². The van der Waals surface area contributed by atoms with Crippen LogP contribution in [-0.4, -0.2) is 80.6 Å². The van der Waals surface area contributed by atoms with E-state index in [0.717, 1.165) is 22.3 Å². The van der Waals surface area contributed by atoms with Crippen LogP contribution in [0.2, 0.25) is 0 Å². The smallest absolute Gasteiger partial charge is 0.407 e. The molecule has 254 valence electrons. The molecule has 0 radical (unpaired) electrons. The Bertz CT molecular complexity index is 1370. The number of ether oxygens (including phenoxy) is 3. The lowest BCUT2D eigenvalue weighted by Gasteiger charge is -2.32. The monoisotopic (exact) mass is 649 g/mol. The first-order valence-electron chi connectivity index (χ1n) is 16.3. The molecule has 2 aromatic rings. The molecule has 2 aliphatic rings. The van der Waals surface area contributed by atoms with Crippen LogP contribution in [0.3, 0.4) is 0 Å². The quantitative estimate of drug-likeness (QED) is 0.172. The Morgan fingerprint density at radius 1 is 1.00 bits per heavy atom. The number of hydrogen-bond donors (Lipinski definition) is 4. The Hall–Kier alpha value is -4.22. The summed E-state index contributed by atoms with van der Waals surface area (Å²) in [6.07, 6.45) is 3.92. The Morgan fingerprint density at radius 2 is 1.68 bits per heavy atom. The van der Waals surface area contributed by atoms with Gasteiger partial charge in [-0.25, -0.2) is 9.59 Å². The maximum Gasteiger partial charge on any atom is 0.407 e. The Kier molecular flexibility index (Phi) is 12.9. The second-order valence-corrected chi connectivity index (χ2v) is 13.0. The van der Waals surface area contributed by atoms with Crippen molar-refractivity contribution in [2.75, 3.05) is 39.6 Å². The molecular formula is C36H47N3O8. The number of esters is 1. The first-order valence-corrected chi connectivity index (χ1v) is 16.3. The molecule has 0 saturated heterocycles. The SMILES string of the molecule is CC(C)(C)C1COC(=O)C(NC(=O)OCC2c3ccccc3-c3ccccc32)CCC=CCC(CC(=O)NCCOCCO)C(=O)N1. The highest BCUT2D eigenvalue weighted by Gasteiger charge is 2.33. The maximum atomic E-state index is 13.4. The Morgan fingerprint density at radius 3 is 2.34 bits per heavy atom. The summed E-state index contributed by atoms with van der Waals surface area (Å²) in [7, 11) is 0. The molecule has 4 rings (SSSR count). The zero-order valence-corrected chi connectivity index (χ0v) is 27.5. The molecule has 0 bridgehead atoms. The van der Waals surface area contributed by atoms with Crippen LogP contribution in [-0.2, 0) is 28.6 Å². The van der Waals surface area contributed by atoms with Gasteiger partial charge in [-0.1, -0.05) is 81.5 Å². The average molecular weight is 650 g/mol. The highest BCUT2D eigenvalue weighted by molar-refractivity contribution is 5.86. The van der Waals surface area contributed by atoms with E-state index in [9.17, 15) is 19.2 Å². The number of cyclic esters (lactones) is 1. The number of rotatable bonds is 10. The van der Waals surface area contributed by atoms with Crippen molar-refractivity contribution in [3.8, 4) is 11.1 Å². The number of amides is 3. The number of aliphatic hydroxyl groups excluding tert-OH is 1. The lowest BCUT2D eigenvalue weighted by molar-refractivity contribution is -0.148. The van der Waals surface area contributed by atoms with Crippen molar-refractivity contribution in [1.29, 1.82) is 0 Å². The van der Waals surface area contributed by atoms with E-state index < -0.39 is 35.5 Å². The van der Waals surface area contributed by atoms with Gasteiger partial charge in [-0.2, -0.15) is 0 Å². The van der Waals surface area contributed by atoms with Crippen LogP contribution in [0.4, 0.5) is 4.79 Å². The van der Waals surface area contributed by atoms with Crippen molar-refractivity contribution in [3.05, 3.63) is 71.8 Å². The number of allylic oxidation sites excluding steroid dienone is 2. The van der Waals surface area contributed by atoms with E-state index in [-0.39, 0.29) is 70.2 Å². The summed E-state index contributed by atoms with van der Waals surface area (Å²) in [6.45, 7) is 6.38. The third-order valence-corrected chi connectivity index (χ3v) is 8.49. The van der Waals surface area contributed by atoms with Crippen LogP contribution in [0.1, 0.15) is 63.5 Å². The fraction of sp³-hybridized carbons (Fsp3) is 0.500. The highest BCUT2D eigenvalue weighted by Crippen LogP contribution is 2.44. The molecule has 0 saturated carbocycles. The molecular weight excluding hydrogens is 602 g/mol. The predicted octanol–water partition coefficient (Wildman–Crippen LogP) is 3.84. The molecule has 3 amide bonds. The Balaban J connectivity index is 1.39. The number of hydrogen-bond acceptors (Lipinski definition) is 8. The Labute approximate surface area is 276 Å². The fourth-order valence-corrected chi connectivity index (χ4v) is 5.74. The van der Waals surface area contributed by atoms with Gasteiger partial charge in [-0.15, -0.1) is 0 Å². The molecule has 3 atom stereocenters. The fourth-order valence-electron chi connectivity index (χ4n) is 5.74. The van der Waals surface area contributed by atoms with E-state index in [2.05, 4.69) is 28.1 Å². The van der Waals surface area contributed by atoms with Gasteiger partial charge in [-0.05, 0) is 46.9 Å². The summed E-state index contributed by atoms with van der Waals surface area (Å²) in [4.78, 5) is 52.3. The highest BCUT2D eigenvalue weighted by atomic mass is 16.6. The van der Waals surface area contributed by atoms with Gasteiger partial charge in [0.05, 0.1) is 31.8 Å². The summed E-state index contributed by atoms with van der Waals surface area (Å²) in [5, 5.41) is 17.2. The molecule has 0 aromatic heterocycles. The predicted molar refractivity (Wildman–Crippen MR) is 176 cm³/mol. The van der Waals surface area contributed by atoms with Gasteiger partial charge in [0.25, 0.3) is 0 Å². The lowest BCUT2D eigenvalue weighted by Crippen LogP contribution is -2.50. The minimum Gasteiger partial charge on any atom is -0.462 e. The third-order valence-electron chi connectivity index (χ3n) is 8.49. The second-order valence-electron chi connectivity index (χ2n) is 13.0. The van der Waals surface area contributed by atoms with Gasteiger partial charge in [-0.3, -0.25) is 9.59 Å². The molecule has 3 unspecified atom stereocenters. The molecule has 1 heterocycles. The summed E-state index contributed by atoms with van der Waals surface area (Å²) in [6, 6.07) is 14.6. The van der Waals surface area contributed by atoms with Crippen LogP contribution in [0.15, 0.2) is 60.7 Å². The normalized spacial score (nSPS) is 20.4. The number of carbonyl (C=O) groups is 4. The first-order chi connectivity index (χ1) is 22.6. The molecule has 47 heavy (non-hydrogen) atoms. The van der Waals surface area contributed by atoms with E-state index in [1.165, 1.54) is 0 Å². The molecule has 0 spiro atoms. The topological polar surface area (TPSA) is 152 Å². The van der Waals surface area contributed by atoms with E-state index in [4.69, 9.17) is 19.3 Å². The molecule has 4 N–H and O–H groups in total. The number of nitrogens with one attached hydrogen (secondary N) is 3. The van der Waals surface area contributed by atoms with Crippen LogP contribution in [0.5, 0.6) is 0 Å². The minimum absolute atomic E-state index is 0.0290. The summed E-state index contributed by atoms with van der Waals surface area (Å²) >= 11 is 0. The molecule has 1 aliphatic carbocycles. The standard InChI is InChI=1S/C36H47N3O8/c1-36(2,3)31-23-46-34(43)30(16-6-4-5-11-24(33(42)39-31)21-32(41)37-17-19-45-20-18-40)38-35(44)47-22-29-27-14-9-7-12-25(27)26-13-8-10-15-28(26)29/h4-5,7-10,12-15,24,29-31,40H,6,11,16-23H2,1-3H3,(H,37,41)(H,38,44)(H,39,42). The van der Waals surface area contributed by atoms with Gasteiger partial charge in [0.15, 0.2) is 0 Å². The van der Waals surface area contributed by atoms with Gasteiger partial charge < -0.3 is 35.3 Å². The molecule has 1 aliphatic heterocycles. The van der Waals surface area contributed by atoms with Gasteiger partial charge >= 0.3 is 12.1 Å². The second kappa shape index (κ2) is 17.1. The zero-order valence-electron chi connectivity index (χ0n) is 27.5. The van der Waals surface area contributed by atoms with Gasteiger partial charge in [0.2, 0.25) is 11.8 Å². The number of aliphatic hydroxyl groups is 1. The van der Waals surface area contributed by atoms with Crippen LogP contribution in [0.25, 0.3) is 11.1 Å². The van der Waals surface area contributed by atoms with Crippen molar-refractivity contribution >= 4 is 23.9 Å². The summed E-state index contributed by atoms with van der Waals surface area (Å²) in [5.74, 6) is -1.98. The minimum atomic E-state index is -0.956. The third kappa shape index (κ3) is 10.1. The summed E-state index contributed by atoms with van der Waals surface area (Å²) < 4.78 is 16.5. The average Bonchev–Trinajstić information content (AvgIpc) is 3.37. The van der Waals surface area contributed by atoms with E-state index in [0.29, 0.717) is 12.8 Å². The maximum absolute atomic E-state index is 13.4. The number of alkyl carbamates (subject to hydrolysis) is 1. The zero-order chi connectivity index (χ0) is 33.8. The number of carbonyl (C=O) groups excluding carboxylic acids is 4. The van der Waals surface area contributed by atoms with E-state index in [1.807, 2.05) is 69.3 Å². The van der Waals surface area contributed by atoms with Crippen molar-refractivity contribution < 1.29 is 38.5 Å². The van der Waals surface area contributed by atoms with Crippen molar-refractivity contribution in [1.82, 2.24) is 16.0 Å². The van der Waals surface area contributed by atoms with Crippen molar-refractivity contribution in [2.24, 2.45) is 11.3 Å². The molecule has 0 fully saturated rings. The molecule has 11 nitrogen and oxygen atoms in total. The first kappa shape index (κ1) is 35.6. The lowest BCUT2D eigenvalue weighted by atomic mass is 9.86. The van der Waals surface area contributed by atoms with Gasteiger partial charge in [0.1, 0.15) is 19.3 Å². The van der Waals surface area contributed by atoms with Crippen molar-refractivity contribution in [2.45, 2.75) is 64.5 Å².